The molecule has 0 radical (unpaired) electrons. The van der Waals surface area contributed by atoms with Gasteiger partial charge < -0.3 is 9.73 Å². The third-order valence-corrected chi connectivity index (χ3v) is 4.78. The quantitative estimate of drug-likeness (QED) is 0.856. The molecule has 3 rings (SSSR count). The monoisotopic (exact) mass is 301 g/mol. The van der Waals surface area contributed by atoms with E-state index in [1.165, 1.54) is 35.3 Å². The first-order chi connectivity index (χ1) is 10.2. The van der Waals surface area contributed by atoms with E-state index in [1.54, 1.807) is 18.0 Å². The number of carbonyl (C=O) groups is 1. The van der Waals surface area contributed by atoms with Crippen LogP contribution >= 0.6 is 11.8 Å². The zero-order valence-electron chi connectivity index (χ0n) is 12.1. The van der Waals surface area contributed by atoms with Crippen molar-refractivity contribution in [3.8, 4) is 0 Å². The number of fused-ring (bicyclic) bond motifs is 1. The molecule has 3 nitrogen and oxygen atoms in total. The lowest BCUT2D eigenvalue weighted by Crippen LogP contribution is -2.27. The molecule has 1 N–H and O–H groups in total. The van der Waals surface area contributed by atoms with Gasteiger partial charge in [0.15, 0.2) is 0 Å². The number of hydrogen-bond acceptors (Lipinski definition) is 3. The highest BCUT2D eigenvalue weighted by Crippen LogP contribution is 2.27. The summed E-state index contributed by atoms with van der Waals surface area (Å²) < 4.78 is 5.29. The molecule has 1 aromatic heterocycles. The number of amides is 1. The summed E-state index contributed by atoms with van der Waals surface area (Å²) in [6, 6.07) is 10.2. The van der Waals surface area contributed by atoms with Crippen molar-refractivity contribution in [2.45, 2.75) is 37.1 Å². The number of nitrogens with one attached hydrogen (secondary N) is 1. The minimum absolute atomic E-state index is 0.0319. The van der Waals surface area contributed by atoms with Crippen molar-refractivity contribution >= 4 is 17.7 Å². The van der Waals surface area contributed by atoms with Gasteiger partial charge in [-0.1, -0.05) is 6.07 Å². The average molecular weight is 301 g/mol. The Morgan fingerprint density at radius 1 is 1.33 bits per heavy atom. The summed E-state index contributed by atoms with van der Waals surface area (Å²) in [5.74, 6) is 1.25. The van der Waals surface area contributed by atoms with E-state index in [-0.39, 0.29) is 11.9 Å². The van der Waals surface area contributed by atoms with Gasteiger partial charge in [-0.3, -0.25) is 4.79 Å². The van der Waals surface area contributed by atoms with E-state index in [9.17, 15) is 4.79 Å². The maximum atomic E-state index is 12.0. The van der Waals surface area contributed by atoms with Crippen molar-refractivity contribution in [3.63, 3.8) is 0 Å². The highest BCUT2D eigenvalue weighted by atomic mass is 32.2. The van der Waals surface area contributed by atoms with Gasteiger partial charge in [0.25, 0.3) is 0 Å². The summed E-state index contributed by atoms with van der Waals surface area (Å²) in [4.78, 5) is 13.2. The molecule has 1 aliphatic carbocycles. The fraction of sp³-hybridized carbons (Fsp3) is 0.353. The molecule has 110 valence electrons. The number of aryl methyl sites for hydroxylation is 2. The second-order valence-corrected chi connectivity index (χ2v) is 6.43. The molecule has 0 unspecified atom stereocenters. The molecule has 4 heteroatoms. The van der Waals surface area contributed by atoms with Crippen molar-refractivity contribution in [2.24, 2.45) is 0 Å². The fourth-order valence-electron chi connectivity index (χ4n) is 2.68. The molecule has 0 aliphatic heterocycles. The molecule has 0 fully saturated rings. The Bertz CT molecular complexity index is 622. The Kier molecular flexibility index (Phi) is 4.34. The van der Waals surface area contributed by atoms with Crippen LogP contribution in [-0.2, 0) is 17.6 Å². The maximum Gasteiger partial charge on any atom is 0.230 e. The lowest BCUT2D eigenvalue weighted by atomic mass is 10.1. The van der Waals surface area contributed by atoms with Gasteiger partial charge in [-0.15, -0.1) is 11.8 Å². The van der Waals surface area contributed by atoms with Crippen LogP contribution in [0, 0.1) is 0 Å². The minimum atomic E-state index is -0.0897. The van der Waals surface area contributed by atoms with Crippen LogP contribution in [0.25, 0.3) is 0 Å². The van der Waals surface area contributed by atoms with Gasteiger partial charge in [-0.2, -0.15) is 0 Å². The van der Waals surface area contributed by atoms with Crippen molar-refractivity contribution in [1.29, 1.82) is 0 Å². The molecule has 0 bridgehead atoms. The van der Waals surface area contributed by atoms with Crippen LogP contribution in [0.2, 0.25) is 0 Å². The van der Waals surface area contributed by atoms with E-state index in [0.29, 0.717) is 5.75 Å². The third-order valence-electron chi connectivity index (χ3n) is 3.79. The highest BCUT2D eigenvalue weighted by Gasteiger charge is 2.14. The molecule has 0 saturated carbocycles. The SMILES string of the molecule is C[C@@H](NC(=O)CSc1ccc2c(c1)CCC2)c1ccco1. The van der Waals surface area contributed by atoms with E-state index in [1.807, 2.05) is 19.1 Å². The van der Waals surface area contributed by atoms with Crippen molar-refractivity contribution in [1.82, 2.24) is 5.32 Å². The Morgan fingerprint density at radius 2 is 2.19 bits per heavy atom. The normalized spacial score (nSPS) is 14.7. The number of benzene rings is 1. The van der Waals surface area contributed by atoms with Crippen LogP contribution in [-0.4, -0.2) is 11.7 Å². The first kappa shape index (κ1) is 14.3. The lowest BCUT2D eigenvalue weighted by molar-refractivity contribution is -0.119. The first-order valence-electron chi connectivity index (χ1n) is 7.30. The molecule has 0 saturated heterocycles. The number of thioether (sulfide) groups is 1. The Balaban J connectivity index is 1.52. The molecular weight excluding hydrogens is 282 g/mol. The largest absolute Gasteiger partial charge is 0.467 e. The van der Waals surface area contributed by atoms with Gasteiger partial charge in [0.2, 0.25) is 5.91 Å². The molecule has 1 amide bonds. The summed E-state index contributed by atoms with van der Waals surface area (Å²) in [6.07, 6.45) is 5.24. The van der Waals surface area contributed by atoms with Gasteiger partial charge >= 0.3 is 0 Å². The molecule has 1 aliphatic rings. The summed E-state index contributed by atoms with van der Waals surface area (Å²) in [5.41, 5.74) is 2.92. The van der Waals surface area contributed by atoms with E-state index in [4.69, 9.17) is 4.42 Å². The predicted octanol–water partition coefficient (Wildman–Crippen LogP) is 3.74. The summed E-state index contributed by atoms with van der Waals surface area (Å²) in [6.45, 7) is 1.93. The zero-order valence-corrected chi connectivity index (χ0v) is 12.9. The van der Waals surface area contributed by atoms with E-state index in [2.05, 4.69) is 23.5 Å². The van der Waals surface area contributed by atoms with E-state index in [0.717, 1.165) is 5.76 Å². The number of rotatable bonds is 5. The number of hydrogen-bond donors (Lipinski definition) is 1. The van der Waals surface area contributed by atoms with Crippen LogP contribution < -0.4 is 5.32 Å². The molecule has 1 aromatic carbocycles. The van der Waals surface area contributed by atoms with E-state index >= 15 is 0 Å². The Labute approximate surface area is 129 Å². The molecule has 1 heterocycles. The van der Waals surface area contributed by atoms with Crippen LogP contribution in [0.4, 0.5) is 0 Å². The fourth-order valence-corrected chi connectivity index (χ4v) is 3.45. The zero-order chi connectivity index (χ0) is 14.7. The predicted molar refractivity (Wildman–Crippen MR) is 84.5 cm³/mol. The topological polar surface area (TPSA) is 42.2 Å². The van der Waals surface area contributed by atoms with Crippen LogP contribution in [0.15, 0.2) is 45.9 Å². The Morgan fingerprint density at radius 3 is 3.00 bits per heavy atom. The standard InChI is InChI=1S/C17H19NO2S/c1-12(16-6-3-9-20-16)18-17(19)11-21-15-8-7-13-4-2-5-14(13)10-15/h3,6-10,12H,2,4-5,11H2,1H3,(H,18,19)/t12-/m1/s1. The van der Waals surface area contributed by atoms with Gasteiger partial charge in [0.1, 0.15) is 5.76 Å². The average Bonchev–Trinajstić information content (AvgIpc) is 3.15. The summed E-state index contributed by atoms with van der Waals surface area (Å²) in [7, 11) is 0. The molecule has 0 spiro atoms. The maximum absolute atomic E-state index is 12.0. The van der Waals surface area contributed by atoms with Crippen LogP contribution in [0.5, 0.6) is 0 Å². The van der Waals surface area contributed by atoms with Gasteiger partial charge in [-0.25, -0.2) is 0 Å². The summed E-state index contributed by atoms with van der Waals surface area (Å²) in [5, 5.41) is 2.95. The van der Waals surface area contributed by atoms with Crippen LogP contribution in [0.3, 0.4) is 0 Å². The lowest BCUT2D eigenvalue weighted by Gasteiger charge is -2.11. The van der Waals surface area contributed by atoms with Crippen molar-refractivity contribution in [2.75, 3.05) is 5.75 Å². The number of carbonyl (C=O) groups excluding carboxylic acids is 1. The van der Waals surface area contributed by atoms with Crippen LogP contribution in [0.1, 0.15) is 36.3 Å². The number of furan rings is 1. The molecule has 21 heavy (non-hydrogen) atoms. The molecule has 1 atom stereocenters. The van der Waals surface area contributed by atoms with Gasteiger partial charge in [0, 0.05) is 4.90 Å². The van der Waals surface area contributed by atoms with Gasteiger partial charge in [-0.05, 0) is 61.6 Å². The third kappa shape index (κ3) is 3.50. The van der Waals surface area contributed by atoms with Crippen molar-refractivity contribution < 1.29 is 9.21 Å². The second kappa shape index (κ2) is 6.39. The minimum Gasteiger partial charge on any atom is -0.467 e. The molecular formula is C17H19NO2S. The van der Waals surface area contributed by atoms with Gasteiger partial charge in [0.05, 0.1) is 18.1 Å². The highest BCUT2D eigenvalue weighted by molar-refractivity contribution is 8.00. The van der Waals surface area contributed by atoms with Crippen molar-refractivity contribution in [3.05, 3.63) is 53.5 Å². The molecule has 2 aromatic rings. The Hall–Kier alpha value is -1.68. The first-order valence-corrected chi connectivity index (χ1v) is 8.28. The smallest absolute Gasteiger partial charge is 0.230 e. The summed E-state index contributed by atoms with van der Waals surface area (Å²) >= 11 is 1.59. The second-order valence-electron chi connectivity index (χ2n) is 5.38. The van der Waals surface area contributed by atoms with E-state index < -0.39 is 0 Å².